The van der Waals surface area contributed by atoms with Crippen molar-refractivity contribution in [2.45, 2.75) is 19.4 Å². The van der Waals surface area contributed by atoms with Crippen LogP contribution in [-0.2, 0) is 0 Å². The molecule has 2 unspecified atom stereocenters. The van der Waals surface area contributed by atoms with Crippen molar-refractivity contribution in [2.75, 3.05) is 18.0 Å². The van der Waals surface area contributed by atoms with Gasteiger partial charge in [-0.1, -0.05) is 18.2 Å². The molecule has 4 rings (SSSR count). The fourth-order valence-electron chi connectivity index (χ4n) is 3.43. The van der Waals surface area contributed by atoms with Gasteiger partial charge in [0.15, 0.2) is 5.65 Å². The van der Waals surface area contributed by atoms with E-state index in [1.807, 2.05) is 41.2 Å². The third kappa shape index (κ3) is 2.35. The highest BCUT2D eigenvalue weighted by Gasteiger charge is 2.30. The summed E-state index contributed by atoms with van der Waals surface area (Å²) in [5, 5.41) is 5.51. The van der Waals surface area contributed by atoms with Crippen LogP contribution >= 0.6 is 0 Å². The van der Waals surface area contributed by atoms with Gasteiger partial charge in [-0.05, 0) is 37.9 Å². The zero-order valence-electron chi connectivity index (χ0n) is 13.1. The second-order valence-corrected chi connectivity index (χ2v) is 6.17. The Morgan fingerprint density at radius 2 is 2.04 bits per heavy atom. The first-order valence-electron chi connectivity index (χ1n) is 7.99. The Morgan fingerprint density at radius 1 is 1.22 bits per heavy atom. The van der Waals surface area contributed by atoms with Gasteiger partial charge in [0.1, 0.15) is 12.1 Å². The van der Waals surface area contributed by atoms with Crippen molar-refractivity contribution in [1.82, 2.24) is 19.7 Å². The Morgan fingerprint density at radius 3 is 2.78 bits per heavy atom. The van der Waals surface area contributed by atoms with Gasteiger partial charge in [-0.25, -0.2) is 14.6 Å². The molecule has 0 spiro atoms. The van der Waals surface area contributed by atoms with Crippen molar-refractivity contribution in [3.8, 4) is 5.69 Å². The molecule has 6 nitrogen and oxygen atoms in total. The number of hydrogen-bond acceptors (Lipinski definition) is 5. The highest BCUT2D eigenvalue weighted by molar-refractivity contribution is 5.88. The van der Waals surface area contributed by atoms with Crippen LogP contribution in [0.25, 0.3) is 16.7 Å². The fourth-order valence-corrected chi connectivity index (χ4v) is 3.43. The molecular formula is C17H20N6. The van der Waals surface area contributed by atoms with E-state index >= 15 is 0 Å². The first-order chi connectivity index (χ1) is 11.3. The number of hydrogen-bond donors (Lipinski definition) is 1. The summed E-state index contributed by atoms with van der Waals surface area (Å²) in [6, 6.07) is 10.5. The molecule has 1 aliphatic rings. The summed E-state index contributed by atoms with van der Waals surface area (Å²) in [5.41, 5.74) is 7.69. The van der Waals surface area contributed by atoms with Crippen molar-refractivity contribution < 1.29 is 0 Å². The highest BCUT2D eigenvalue weighted by Crippen LogP contribution is 2.31. The van der Waals surface area contributed by atoms with E-state index < -0.39 is 0 Å². The maximum absolute atomic E-state index is 5.85. The van der Waals surface area contributed by atoms with E-state index in [2.05, 4.69) is 26.9 Å². The third-order valence-electron chi connectivity index (χ3n) is 4.61. The summed E-state index contributed by atoms with van der Waals surface area (Å²) >= 11 is 0. The van der Waals surface area contributed by atoms with E-state index in [1.54, 1.807) is 6.33 Å². The van der Waals surface area contributed by atoms with Crippen molar-refractivity contribution in [1.29, 1.82) is 0 Å². The smallest absolute Gasteiger partial charge is 0.168 e. The van der Waals surface area contributed by atoms with E-state index in [4.69, 9.17) is 5.73 Å². The van der Waals surface area contributed by atoms with Crippen LogP contribution in [0.2, 0.25) is 0 Å². The molecular weight excluding hydrogens is 288 g/mol. The monoisotopic (exact) mass is 308 g/mol. The molecule has 118 valence electrons. The zero-order chi connectivity index (χ0) is 15.8. The number of benzene rings is 1. The Balaban J connectivity index is 1.80. The Bertz CT molecular complexity index is 812. The lowest BCUT2D eigenvalue weighted by atomic mass is 10.1. The number of fused-ring (bicyclic) bond motifs is 1. The number of rotatable bonds is 3. The van der Waals surface area contributed by atoms with Crippen LogP contribution in [0.15, 0.2) is 42.9 Å². The van der Waals surface area contributed by atoms with Crippen molar-refractivity contribution in [3.63, 3.8) is 0 Å². The fraction of sp³-hybridized carbons (Fsp3) is 0.353. The summed E-state index contributed by atoms with van der Waals surface area (Å²) in [7, 11) is 0. The van der Waals surface area contributed by atoms with Gasteiger partial charge in [0, 0.05) is 12.6 Å². The van der Waals surface area contributed by atoms with Gasteiger partial charge >= 0.3 is 0 Å². The molecule has 0 bridgehead atoms. The largest absolute Gasteiger partial charge is 0.353 e. The van der Waals surface area contributed by atoms with E-state index in [0.717, 1.165) is 42.0 Å². The molecule has 2 N–H and O–H groups in total. The lowest BCUT2D eigenvalue weighted by Crippen LogP contribution is -2.28. The number of nitrogens with two attached hydrogens (primary N) is 1. The quantitative estimate of drug-likeness (QED) is 0.801. The van der Waals surface area contributed by atoms with Crippen LogP contribution in [0.5, 0.6) is 0 Å². The van der Waals surface area contributed by atoms with Crippen LogP contribution < -0.4 is 10.6 Å². The van der Waals surface area contributed by atoms with E-state index in [1.165, 1.54) is 0 Å². The topological polar surface area (TPSA) is 72.9 Å². The minimum absolute atomic E-state index is 0.432. The molecule has 3 heterocycles. The molecule has 1 fully saturated rings. The van der Waals surface area contributed by atoms with E-state index in [0.29, 0.717) is 12.0 Å². The van der Waals surface area contributed by atoms with Crippen LogP contribution in [0.3, 0.4) is 0 Å². The van der Waals surface area contributed by atoms with Gasteiger partial charge in [0.05, 0.1) is 17.3 Å². The zero-order valence-corrected chi connectivity index (χ0v) is 13.1. The summed E-state index contributed by atoms with van der Waals surface area (Å²) in [4.78, 5) is 11.3. The molecule has 23 heavy (non-hydrogen) atoms. The standard InChI is InChI=1S/C17H20N6/c1-12-7-13(8-18)10-22(12)16-15-9-21-23(17(15)20-11-19-16)14-5-3-2-4-6-14/h2-6,9,11-13H,7-8,10,18H2,1H3. The van der Waals surface area contributed by atoms with Crippen molar-refractivity contribution >= 4 is 16.9 Å². The first kappa shape index (κ1) is 14.1. The molecule has 0 aliphatic carbocycles. The van der Waals surface area contributed by atoms with Crippen LogP contribution in [0.4, 0.5) is 5.82 Å². The molecule has 1 aromatic carbocycles. The predicted molar refractivity (Wildman–Crippen MR) is 90.6 cm³/mol. The predicted octanol–water partition coefficient (Wildman–Crippen LogP) is 1.99. The maximum Gasteiger partial charge on any atom is 0.168 e. The molecule has 6 heteroatoms. The van der Waals surface area contributed by atoms with Gasteiger partial charge in [0.2, 0.25) is 0 Å². The second kappa shape index (κ2) is 5.62. The van der Waals surface area contributed by atoms with Gasteiger partial charge < -0.3 is 10.6 Å². The van der Waals surface area contributed by atoms with Gasteiger partial charge in [0.25, 0.3) is 0 Å². The number of para-hydroxylation sites is 1. The SMILES string of the molecule is CC1CC(CN)CN1c1ncnc2c1cnn2-c1ccccc1. The minimum Gasteiger partial charge on any atom is -0.353 e. The number of nitrogens with zero attached hydrogens (tertiary/aromatic N) is 5. The molecule has 1 saturated heterocycles. The van der Waals surface area contributed by atoms with Gasteiger partial charge in [-0.3, -0.25) is 0 Å². The van der Waals surface area contributed by atoms with Crippen molar-refractivity contribution in [2.24, 2.45) is 11.7 Å². The first-order valence-corrected chi connectivity index (χ1v) is 7.99. The molecule has 3 aromatic rings. The lowest BCUT2D eigenvalue weighted by Gasteiger charge is -2.22. The number of aromatic nitrogens is 4. The van der Waals surface area contributed by atoms with E-state index in [9.17, 15) is 0 Å². The molecule has 1 aliphatic heterocycles. The molecule has 2 atom stereocenters. The lowest BCUT2D eigenvalue weighted by molar-refractivity contribution is 0.579. The second-order valence-electron chi connectivity index (χ2n) is 6.17. The van der Waals surface area contributed by atoms with E-state index in [-0.39, 0.29) is 0 Å². The maximum atomic E-state index is 5.85. The average Bonchev–Trinajstić information content (AvgIpc) is 3.19. The van der Waals surface area contributed by atoms with Crippen LogP contribution in [0.1, 0.15) is 13.3 Å². The Hall–Kier alpha value is -2.47. The summed E-state index contributed by atoms with van der Waals surface area (Å²) in [5.74, 6) is 1.49. The van der Waals surface area contributed by atoms with Gasteiger partial charge in [-0.2, -0.15) is 5.10 Å². The minimum atomic E-state index is 0.432. The average molecular weight is 308 g/mol. The third-order valence-corrected chi connectivity index (χ3v) is 4.61. The molecule has 0 saturated carbocycles. The Kier molecular flexibility index (Phi) is 3.46. The van der Waals surface area contributed by atoms with Crippen LogP contribution in [0, 0.1) is 5.92 Å². The van der Waals surface area contributed by atoms with Crippen LogP contribution in [-0.4, -0.2) is 38.9 Å². The molecule has 0 amide bonds. The molecule has 0 radical (unpaired) electrons. The summed E-state index contributed by atoms with van der Waals surface area (Å²) in [6.45, 7) is 3.89. The molecule has 2 aromatic heterocycles. The normalized spacial score (nSPS) is 21.2. The number of anilines is 1. The summed E-state index contributed by atoms with van der Waals surface area (Å²) in [6.07, 6.45) is 4.59. The van der Waals surface area contributed by atoms with Gasteiger partial charge in [-0.15, -0.1) is 0 Å². The van der Waals surface area contributed by atoms with Crippen molar-refractivity contribution in [3.05, 3.63) is 42.9 Å². The highest BCUT2D eigenvalue weighted by atomic mass is 15.3. The summed E-state index contributed by atoms with van der Waals surface area (Å²) < 4.78 is 1.86. The Labute approximate surface area is 135 Å².